The highest BCUT2D eigenvalue weighted by atomic mass is 15.0. The van der Waals surface area contributed by atoms with Gasteiger partial charge in [-0.2, -0.15) is 0 Å². The molecule has 0 amide bonds. The molecule has 2 aliphatic carbocycles. The van der Waals surface area contributed by atoms with E-state index in [9.17, 15) is 0 Å². The number of aryl methyl sites for hydroxylation is 1. The number of fused-ring (bicyclic) bond motifs is 11. The maximum Gasteiger partial charge on any atom is 0.0786 e. The molecule has 0 radical (unpaired) electrons. The minimum atomic E-state index is 1.05. The highest BCUT2D eigenvalue weighted by Gasteiger charge is 2.21. The topological polar surface area (TPSA) is 17.8 Å². The number of hydrogen-bond donors (Lipinski definition) is 0. The largest absolute Gasteiger partial charge is 0.309 e. The van der Waals surface area contributed by atoms with E-state index in [0.29, 0.717) is 0 Å². The van der Waals surface area contributed by atoms with E-state index in [-0.39, 0.29) is 0 Å². The van der Waals surface area contributed by atoms with Crippen molar-refractivity contribution >= 4 is 72.4 Å². The lowest BCUT2D eigenvalue weighted by Crippen LogP contribution is -2.33. The van der Waals surface area contributed by atoms with Crippen molar-refractivity contribution in [2.24, 2.45) is 0 Å². The molecular weight excluding hydrogens is 689 g/mol. The number of aromatic nitrogens is 2. The maximum atomic E-state index is 4.89. The van der Waals surface area contributed by atoms with Crippen LogP contribution < -0.4 is 10.4 Å². The summed E-state index contributed by atoms with van der Waals surface area (Å²) in [5.74, 6) is 0. The van der Waals surface area contributed by atoms with E-state index < -0.39 is 0 Å². The molecule has 268 valence electrons. The van der Waals surface area contributed by atoms with Crippen molar-refractivity contribution in [2.75, 3.05) is 0 Å². The average Bonchev–Trinajstić information content (AvgIpc) is 3.62. The van der Waals surface area contributed by atoms with Gasteiger partial charge in [0.1, 0.15) is 0 Å². The summed E-state index contributed by atoms with van der Waals surface area (Å²) < 4.78 is 2.52. The lowest BCUT2D eigenvalue weighted by molar-refractivity contribution is 0.963. The third-order valence-electron chi connectivity index (χ3n) is 12.5. The van der Waals surface area contributed by atoms with Crippen molar-refractivity contribution in [3.63, 3.8) is 0 Å². The molecule has 0 saturated carbocycles. The summed E-state index contributed by atoms with van der Waals surface area (Å²) in [5, 5.41) is 12.7. The fraction of sp³-hybridized carbons (Fsp3) is 0.0727. The van der Waals surface area contributed by atoms with Gasteiger partial charge in [-0.3, -0.25) is 4.98 Å². The Labute approximate surface area is 331 Å². The molecule has 8 aromatic carbocycles. The zero-order chi connectivity index (χ0) is 37.5. The van der Waals surface area contributed by atoms with Crippen LogP contribution in [0.25, 0.3) is 111 Å². The third kappa shape index (κ3) is 4.93. The van der Waals surface area contributed by atoms with Crippen LogP contribution in [0.4, 0.5) is 0 Å². The van der Waals surface area contributed by atoms with Gasteiger partial charge in [0.15, 0.2) is 0 Å². The lowest BCUT2D eigenvalue weighted by Gasteiger charge is -2.18. The van der Waals surface area contributed by atoms with Crippen LogP contribution >= 0.6 is 0 Å². The molecule has 0 N–H and O–H groups in total. The average molecular weight is 727 g/mol. The minimum absolute atomic E-state index is 1.05. The van der Waals surface area contributed by atoms with Gasteiger partial charge in [-0.05, 0) is 133 Å². The van der Waals surface area contributed by atoms with E-state index in [1.807, 2.05) is 12.3 Å². The number of allylic oxidation sites excluding steroid dienone is 1. The van der Waals surface area contributed by atoms with Gasteiger partial charge in [0.05, 0.1) is 16.7 Å². The first-order valence-corrected chi connectivity index (χ1v) is 20.2. The molecule has 0 aliphatic heterocycles. The van der Waals surface area contributed by atoms with Crippen LogP contribution in [-0.2, 0) is 6.42 Å². The van der Waals surface area contributed by atoms with E-state index in [4.69, 9.17) is 4.98 Å². The fourth-order valence-electron chi connectivity index (χ4n) is 10.00. The first kappa shape index (κ1) is 32.2. The number of nitrogens with zero attached hydrogens (tertiary/aromatic N) is 2. The van der Waals surface area contributed by atoms with E-state index in [1.165, 1.54) is 109 Å². The molecule has 0 bridgehead atoms. The lowest BCUT2D eigenvalue weighted by atomic mass is 9.89. The van der Waals surface area contributed by atoms with Gasteiger partial charge in [-0.1, -0.05) is 140 Å². The van der Waals surface area contributed by atoms with Gasteiger partial charge >= 0.3 is 0 Å². The van der Waals surface area contributed by atoms with Crippen LogP contribution in [-0.4, -0.2) is 9.55 Å². The second kappa shape index (κ2) is 12.8. The summed E-state index contributed by atoms with van der Waals surface area (Å²) in [6.07, 6.45) is 15.8. The zero-order valence-corrected chi connectivity index (χ0v) is 31.5. The zero-order valence-electron chi connectivity index (χ0n) is 31.5. The normalized spacial score (nSPS) is 13.5. The Kier molecular flexibility index (Phi) is 7.22. The van der Waals surface area contributed by atoms with Crippen LogP contribution in [0.3, 0.4) is 0 Å². The van der Waals surface area contributed by atoms with Crippen molar-refractivity contribution in [3.8, 4) is 39.1 Å². The van der Waals surface area contributed by atoms with E-state index in [1.54, 1.807) is 0 Å². The van der Waals surface area contributed by atoms with Crippen LogP contribution in [0.2, 0.25) is 0 Å². The molecule has 2 nitrogen and oxygen atoms in total. The highest BCUT2D eigenvalue weighted by molar-refractivity contribution is 6.24. The molecular formula is C55H38N2. The third-order valence-corrected chi connectivity index (χ3v) is 12.5. The van der Waals surface area contributed by atoms with Crippen LogP contribution in [0.1, 0.15) is 30.5 Å². The second-order valence-electron chi connectivity index (χ2n) is 15.6. The molecule has 0 fully saturated rings. The first-order chi connectivity index (χ1) is 28.3. The summed E-state index contributed by atoms with van der Waals surface area (Å²) >= 11 is 0. The summed E-state index contributed by atoms with van der Waals surface area (Å²) in [5.41, 5.74) is 13.8. The maximum absolute atomic E-state index is 4.89. The summed E-state index contributed by atoms with van der Waals surface area (Å²) in [7, 11) is 0. The molecule has 57 heavy (non-hydrogen) atoms. The molecule has 12 rings (SSSR count). The fourth-order valence-corrected chi connectivity index (χ4v) is 10.00. The predicted molar refractivity (Wildman–Crippen MR) is 242 cm³/mol. The van der Waals surface area contributed by atoms with Crippen molar-refractivity contribution in [1.82, 2.24) is 9.55 Å². The Hall–Kier alpha value is -7.03. The summed E-state index contributed by atoms with van der Waals surface area (Å²) in [6, 6.07) is 56.2. The van der Waals surface area contributed by atoms with Crippen molar-refractivity contribution in [3.05, 3.63) is 186 Å². The van der Waals surface area contributed by atoms with E-state index in [0.717, 1.165) is 31.2 Å². The number of benzene rings is 8. The highest BCUT2D eigenvalue weighted by Crippen LogP contribution is 2.39. The van der Waals surface area contributed by atoms with E-state index in [2.05, 4.69) is 174 Å². The van der Waals surface area contributed by atoms with Crippen molar-refractivity contribution in [1.29, 1.82) is 0 Å². The van der Waals surface area contributed by atoms with Gasteiger partial charge in [0.2, 0.25) is 0 Å². The molecule has 2 aliphatic rings. The predicted octanol–water partition coefficient (Wildman–Crippen LogP) is 13.0. The van der Waals surface area contributed by atoms with Gasteiger partial charge in [-0.15, -0.1) is 0 Å². The van der Waals surface area contributed by atoms with Gasteiger partial charge in [0, 0.05) is 33.3 Å². The number of para-hydroxylation sites is 1. The Bertz CT molecular complexity index is 3440. The SMILES string of the molecule is C1=Cc2c(c3ccccc3n2-c2ccc(-c3cccc4c(-c5cccc(-c6ccc7c8ccccc8c8cccnc8c7c6)c5)cccc34)c3c2=CCCC=3)CC1. The Morgan fingerprint density at radius 3 is 2.02 bits per heavy atom. The molecule has 2 aromatic heterocycles. The van der Waals surface area contributed by atoms with Crippen molar-refractivity contribution in [2.45, 2.75) is 25.7 Å². The van der Waals surface area contributed by atoms with Gasteiger partial charge in [-0.25, -0.2) is 0 Å². The number of pyridine rings is 1. The standard InChI is InChI=1S/C55H38N2/c1-2-17-44-40(15-1)46-29-28-36(34-51(46)55-50(44)25-12-32-56-55)35-13-9-14-37(33-35)38-21-10-23-41-39(38)22-11-24-42(41)45-30-31-54(47-18-4-3-16-43(45)47)57-52-26-7-5-19-48(52)49-20-6-8-27-53(49)57/h1-2,5,7-19,21-34H,3-4,6,20H2. The monoisotopic (exact) mass is 726 g/mol. The van der Waals surface area contributed by atoms with Gasteiger partial charge < -0.3 is 4.57 Å². The Morgan fingerprint density at radius 1 is 0.439 bits per heavy atom. The van der Waals surface area contributed by atoms with E-state index >= 15 is 0 Å². The van der Waals surface area contributed by atoms with Crippen LogP contribution in [0.15, 0.2) is 164 Å². The molecule has 2 heterocycles. The first-order valence-electron chi connectivity index (χ1n) is 20.2. The molecule has 0 atom stereocenters. The molecule has 2 heteroatoms. The quantitative estimate of drug-likeness (QED) is 0.165. The number of rotatable bonds is 4. The van der Waals surface area contributed by atoms with Gasteiger partial charge in [0.25, 0.3) is 0 Å². The van der Waals surface area contributed by atoms with Crippen LogP contribution in [0, 0.1) is 0 Å². The Morgan fingerprint density at radius 2 is 1.12 bits per heavy atom. The Balaban J connectivity index is 0.995. The summed E-state index contributed by atoms with van der Waals surface area (Å²) in [4.78, 5) is 4.89. The molecule has 10 aromatic rings. The number of hydrogen-bond acceptors (Lipinski definition) is 1. The smallest absolute Gasteiger partial charge is 0.0786 e. The minimum Gasteiger partial charge on any atom is -0.309 e. The molecule has 0 saturated heterocycles. The van der Waals surface area contributed by atoms with Crippen LogP contribution in [0.5, 0.6) is 0 Å². The second-order valence-corrected chi connectivity index (χ2v) is 15.6. The molecule has 0 spiro atoms. The summed E-state index contributed by atoms with van der Waals surface area (Å²) in [6.45, 7) is 0. The molecule has 0 unspecified atom stereocenters. The van der Waals surface area contributed by atoms with Crippen molar-refractivity contribution < 1.29 is 0 Å².